The lowest BCUT2D eigenvalue weighted by Gasteiger charge is -2.10. The van der Waals surface area contributed by atoms with Crippen molar-refractivity contribution in [3.8, 4) is 12.0 Å². The van der Waals surface area contributed by atoms with E-state index >= 15 is 0 Å². The molecule has 1 fully saturated rings. The lowest BCUT2D eigenvalue weighted by molar-refractivity contribution is 0.102. The summed E-state index contributed by atoms with van der Waals surface area (Å²) in [5, 5.41) is 0. The summed E-state index contributed by atoms with van der Waals surface area (Å²) in [6.45, 7) is 4.39. The first-order valence-corrected chi connectivity index (χ1v) is 10.0. The number of hydrogen-bond acceptors (Lipinski definition) is 7. The summed E-state index contributed by atoms with van der Waals surface area (Å²) >= 11 is 0. The van der Waals surface area contributed by atoms with E-state index in [1.165, 1.54) is 19.3 Å². The standard InChI is InChI=1S/C19H31N5O3/c1-3-4-12-27-18-22-16(20)15-17(23-18)24(19(21-15)25-2)11-7-5-6-9-14-10-8-13-26-14/h14H,3-13H2,1-2H3,(H2,20,22,23). The van der Waals surface area contributed by atoms with Gasteiger partial charge in [-0.25, -0.2) is 0 Å². The molecule has 0 bridgehead atoms. The molecule has 2 aromatic heterocycles. The van der Waals surface area contributed by atoms with E-state index in [2.05, 4.69) is 21.9 Å². The SMILES string of the molecule is CCCCOc1nc(N)c2nc(OC)n(CCCCCC3CCCO3)c2n1. The fourth-order valence-corrected chi connectivity index (χ4v) is 3.40. The molecule has 0 spiro atoms. The summed E-state index contributed by atoms with van der Waals surface area (Å²) in [5.41, 5.74) is 7.30. The monoisotopic (exact) mass is 377 g/mol. The average Bonchev–Trinajstić information content (AvgIpc) is 3.30. The zero-order chi connectivity index (χ0) is 19.1. The second kappa shape index (κ2) is 9.73. The minimum absolute atomic E-state index is 0.302. The maximum absolute atomic E-state index is 6.07. The Morgan fingerprint density at radius 2 is 2.07 bits per heavy atom. The first-order chi connectivity index (χ1) is 13.2. The summed E-state index contributed by atoms with van der Waals surface area (Å²) in [5.74, 6) is 0.321. The quantitative estimate of drug-likeness (QED) is 0.600. The maximum atomic E-state index is 6.07. The van der Waals surface area contributed by atoms with Crippen LogP contribution in [0.3, 0.4) is 0 Å². The summed E-state index contributed by atoms with van der Waals surface area (Å²) in [6, 6.07) is 0.812. The molecule has 1 saturated heterocycles. The van der Waals surface area contributed by atoms with Gasteiger partial charge in [-0.1, -0.05) is 26.2 Å². The van der Waals surface area contributed by atoms with Crippen molar-refractivity contribution in [1.82, 2.24) is 19.5 Å². The molecule has 2 N–H and O–H groups in total. The topological polar surface area (TPSA) is 97.3 Å². The second-order valence-corrected chi connectivity index (χ2v) is 7.00. The highest BCUT2D eigenvalue weighted by atomic mass is 16.5. The van der Waals surface area contributed by atoms with E-state index in [4.69, 9.17) is 19.9 Å². The molecule has 1 atom stereocenters. The van der Waals surface area contributed by atoms with Crippen molar-refractivity contribution in [1.29, 1.82) is 0 Å². The first kappa shape index (κ1) is 19.7. The van der Waals surface area contributed by atoms with Crippen LogP contribution in [-0.2, 0) is 11.3 Å². The number of fused-ring (bicyclic) bond motifs is 1. The number of anilines is 1. The molecule has 3 heterocycles. The highest BCUT2D eigenvalue weighted by Crippen LogP contribution is 2.26. The van der Waals surface area contributed by atoms with E-state index in [-0.39, 0.29) is 0 Å². The van der Waals surface area contributed by atoms with Crippen LogP contribution in [0.2, 0.25) is 0 Å². The Morgan fingerprint density at radius 3 is 2.81 bits per heavy atom. The van der Waals surface area contributed by atoms with Gasteiger partial charge in [0.05, 0.1) is 19.8 Å². The van der Waals surface area contributed by atoms with Gasteiger partial charge in [-0.3, -0.25) is 4.57 Å². The Labute approximate surface area is 160 Å². The van der Waals surface area contributed by atoms with E-state index in [0.29, 0.717) is 41.7 Å². The molecule has 1 aliphatic rings. The Hall–Kier alpha value is -2.09. The molecule has 0 aromatic carbocycles. The predicted molar refractivity (Wildman–Crippen MR) is 104 cm³/mol. The number of aryl methyl sites for hydroxylation is 1. The number of ether oxygens (including phenoxy) is 3. The molecule has 8 heteroatoms. The van der Waals surface area contributed by atoms with E-state index in [1.807, 2.05) is 4.57 Å². The second-order valence-electron chi connectivity index (χ2n) is 7.00. The van der Waals surface area contributed by atoms with Gasteiger partial charge in [-0.2, -0.15) is 15.0 Å². The lowest BCUT2D eigenvalue weighted by atomic mass is 10.1. The number of nitrogens with two attached hydrogens (primary N) is 1. The van der Waals surface area contributed by atoms with Crippen LogP contribution in [0.25, 0.3) is 11.2 Å². The number of rotatable bonds is 11. The summed E-state index contributed by atoms with van der Waals surface area (Å²) in [6.07, 6.45) is 9.33. The van der Waals surface area contributed by atoms with Crippen LogP contribution in [0.5, 0.6) is 12.0 Å². The largest absolute Gasteiger partial charge is 0.468 e. The highest BCUT2D eigenvalue weighted by molar-refractivity contribution is 5.83. The fraction of sp³-hybridized carbons (Fsp3) is 0.737. The summed E-state index contributed by atoms with van der Waals surface area (Å²) in [7, 11) is 1.61. The molecule has 0 aliphatic carbocycles. The van der Waals surface area contributed by atoms with Crippen molar-refractivity contribution in [2.24, 2.45) is 0 Å². The van der Waals surface area contributed by atoms with Gasteiger partial charge in [0, 0.05) is 13.2 Å². The van der Waals surface area contributed by atoms with Crippen molar-refractivity contribution >= 4 is 17.0 Å². The van der Waals surface area contributed by atoms with Gasteiger partial charge in [0.25, 0.3) is 6.01 Å². The minimum Gasteiger partial charge on any atom is -0.468 e. The number of nitrogen functional groups attached to an aromatic ring is 1. The van der Waals surface area contributed by atoms with Crippen molar-refractivity contribution in [2.75, 3.05) is 26.1 Å². The third kappa shape index (κ3) is 5.00. The zero-order valence-electron chi connectivity index (χ0n) is 16.4. The highest BCUT2D eigenvalue weighted by Gasteiger charge is 2.18. The average molecular weight is 377 g/mol. The molecule has 0 radical (unpaired) electrons. The van der Waals surface area contributed by atoms with Crippen LogP contribution in [0.1, 0.15) is 58.3 Å². The number of unbranched alkanes of at least 4 members (excludes halogenated alkanes) is 3. The molecule has 27 heavy (non-hydrogen) atoms. The Balaban J connectivity index is 1.64. The van der Waals surface area contributed by atoms with Gasteiger partial charge in [-0.15, -0.1) is 0 Å². The molecular weight excluding hydrogens is 346 g/mol. The molecular formula is C19H31N5O3. The zero-order valence-corrected chi connectivity index (χ0v) is 16.4. The molecule has 0 amide bonds. The smallest absolute Gasteiger partial charge is 0.320 e. The van der Waals surface area contributed by atoms with Crippen molar-refractivity contribution in [2.45, 2.75) is 70.9 Å². The van der Waals surface area contributed by atoms with Gasteiger partial charge in [0.1, 0.15) is 0 Å². The number of aromatic nitrogens is 4. The molecule has 1 unspecified atom stereocenters. The van der Waals surface area contributed by atoms with Gasteiger partial charge in [-0.05, 0) is 32.1 Å². The first-order valence-electron chi connectivity index (χ1n) is 10.0. The van der Waals surface area contributed by atoms with Crippen LogP contribution in [0.15, 0.2) is 0 Å². The molecule has 0 saturated carbocycles. The van der Waals surface area contributed by atoms with Gasteiger partial charge < -0.3 is 19.9 Å². The van der Waals surface area contributed by atoms with Gasteiger partial charge in [0.2, 0.25) is 0 Å². The molecule has 150 valence electrons. The molecule has 8 nitrogen and oxygen atoms in total. The maximum Gasteiger partial charge on any atom is 0.320 e. The molecule has 1 aliphatic heterocycles. The van der Waals surface area contributed by atoms with E-state index < -0.39 is 0 Å². The van der Waals surface area contributed by atoms with E-state index in [9.17, 15) is 0 Å². The Bertz CT molecular complexity index is 728. The number of nitrogens with zero attached hydrogens (tertiary/aromatic N) is 4. The Kier molecular flexibility index (Phi) is 7.09. The van der Waals surface area contributed by atoms with Crippen LogP contribution >= 0.6 is 0 Å². The van der Waals surface area contributed by atoms with Crippen molar-refractivity contribution in [3.63, 3.8) is 0 Å². The number of hydrogen-bond donors (Lipinski definition) is 1. The third-order valence-electron chi connectivity index (χ3n) is 4.91. The normalized spacial score (nSPS) is 16.9. The predicted octanol–water partition coefficient (Wildman–Crippen LogP) is 3.34. The van der Waals surface area contributed by atoms with Crippen molar-refractivity contribution in [3.05, 3.63) is 0 Å². The number of methoxy groups -OCH3 is 1. The lowest BCUT2D eigenvalue weighted by Crippen LogP contribution is -2.07. The number of imidazole rings is 1. The van der Waals surface area contributed by atoms with Crippen LogP contribution in [0.4, 0.5) is 5.82 Å². The van der Waals surface area contributed by atoms with Gasteiger partial charge >= 0.3 is 6.01 Å². The third-order valence-corrected chi connectivity index (χ3v) is 4.91. The summed E-state index contributed by atoms with van der Waals surface area (Å²) < 4.78 is 18.7. The molecule has 2 aromatic rings. The molecule has 3 rings (SSSR count). The van der Waals surface area contributed by atoms with Crippen LogP contribution < -0.4 is 15.2 Å². The van der Waals surface area contributed by atoms with Crippen LogP contribution in [0, 0.1) is 0 Å². The van der Waals surface area contributed by atoms with Gasteiger partial charge in [0.15, 0.2) is 17.0 Å². The Morgan fingerprint density at radius 1 is 1.19 bits per heavy atom. The van der Waals surface area contributed by atoms with E-state index in [0.717, 1.165) is 45.3 Å². The van der Waals surface area contributed by atoms with E-state index in [1.54, 1.807) is 7.11 Å². The van der Waals surface area contributed by atoms with Crippen LogP contribution in [-0.4, -0.2) is 45.9 Å². The summed E-state index contributed by atoms with van der Waals surface area (Å²) in [4.78, 5) is 13.2. The van der Waals surface area contributed by atoms with Crippen molar-refractivity contribution < 1.29 is 14.2 Å². The fourth-order valence-electron chi connectivity index (χ4n) is 3.40. The minimum atomic E-state index is 0.302.